The lowest BCUT2D eigenvalue weighted by Gasteiger charge is -2.61. The molecule has 0 amide bonds. The molecular weight excluding hydrogens is 296 g/mol. The average Bonchev–Trinajstić information content (AvgIpc) is 2.79. The van der Waals surface area contributed by atoms with E-state index < -0.39 is 0 Å². The Labute approximate surface area is 139 Å². The maximum atomic E-state index is 12.4. The van der Waals surface area contributed by atoms with Gasteiger partial charge in [0.15, 0.2) is 0 Å². The van der Waals surface area contributed by atoms with Crippen molar-refractivity contribution in [3.8, 4) is 0 Å². The number of ketones is 1. The summed E-state index contributed by atoms with van der Waals surface area (Å²) in [6.07, 6.45) is 8.19. The lowest BCUT2D eigenvalue weighted by Crippen LogP contribution is -2.57. The molecule has 3 heteroatoms. The molecule has 0 saturated heterocycles. The van der Waals surface area contributed by atoms with E-state index in [2.05, 4.69) is 13.8 Å². The Morgan fingerprint density at radius 2 is 1.77 bits per heavy atom. The molecule has 4 rings (SSSR count). The third kappa shape index (κ3) is 1.86. The van der Waals surface area contributed by atoms with Crippen LogP contribution in [0.2, 0.25) is 0 Å². The van der Waals surface area contributed by atoms with Gasteiger partial charge in [-0.15, -0.1) is 11.6 Å². The topological polar surface area (TPSA) is 37.3 Å². The minimum absolute atomic E-state index is 0.0289. The Bertz CT molecular complexity index is 492. The van der Waals surface area contributed by atoms with Crippen molar-refractivity contribution < 1.29 is 9.90 Å². The molecule has 4 aliphatic rings. The normalized spacial score (nSPS) is 57.9. The zero-order valence-corrected chi connectivity index (χ0v) is 14.6. The number of carbonyl (C=O) groups excluding carboxylic acids is 1. The molecule has 0 aromatic heterocycles. The van der Waals surface area contributed by atoms with Gasteiger partial charge in [0.05, 0.1) is 11.5 Å². The Hall–Kier alpha value is -0.0800. The Kier molecular flexibility index (Phi) is 3.48. The van der Waals surface area contributed by atoms with Gasteiger partial charge in [-0.05, 0) is 74.0 Å². The van der Waals surface area contributed by atoms with E-state index >= 15 is 0 Å². The quantitative estimate of drug-likeness (QED) is 0.679. The number of Topliss-reactive ketones (excluding diaryl/α,β-unsaturated/α-hetero) is 1. The summed E-state index contributed by atoms with van der Waals surface area (Å²) in [6.45, 7) is 4.68. The molecule has 0 aliphatic heterocycles. The van der Waals surface area contributed by atoms with Gasteiger partial charge in [-0.25, -0.2) is 0 Å². The highest BCUT2D eigenvalue weighted by atomic mass is 35.5. The molecule has 2 nitrogen and oxygen atoms in total. The number of fused-ring (bicyclic) bond motifs is 5. The first-order chi connectivity index (χ1) is 10.4. The third-order valence-corrected chi connectivity index (χ3v) is 8.98. The predicted molar refractivity (Wildman–Crippen MR) is 87.8 cm³/mol. The van der Waals surface area contributed by atoms with Crippen molar-refractivity contribution in [1.29, 1.82) is 0 Å². The highest BCUT2D eigenvalue weighted by Gasteiger charge is 2.61. The van der Waals surface area contributed by atoms with E-state index in [4.69, 9.17) is 11.6 Å². The summed E-state index contributed by atoms with van der Waals surface area (Å²) in [7, 11) is 0. The fraction of sp³-hybridized carbons (Fsp3) is 0.947. The van der Waals surface area contributed by atoms with Crippen LogP contribution in [0.3, 0.4) is 0 Å². The van der Waals surface area contributed by atoms with Crippen LogP contribution >= 0.6 is 11.6 Å². The molecule has 1 N–H and O–H groups in total. The molecule has 4 fully saturated rings. The molecule has 0 bridgehead atoms. The first-order valence-electron chi connectivity index (χ1n) is 9.23. The van der Waals surface area contributed by atoms with Gasteiger partial charge >= 0.3 is 0 Å². The maximum Gasteiger partial charge on any atom is 0.139 e. The molecule has 4 saturated carbocycles. The first-order valence-corrected chi connectivity index (χ1v) is 9.67. The van der Waals surface area contributed by atoms with Gasteiger partial charge in [0.25, 0.3) is 0 Å². The Balaban J connectivity index is 1.65. The van der Waals surface area contributed by atoms with Crippen molar-refractivity contribution in [1.82, 2.24) is 0 Å². The van der Waals surface area contributed by atoms with Crippen LogP contribution in [0.25, 0.3) is 0 Å². The van der Waals surface area contributed by atoms with E-state index in [1.54, 1.807) is 0 Å². The summed E-state index contributed by atoms with van der Waals surface area (Å²) in [5, 5.41) is 10.1. The van der Waals surface area contributed by atoms with Gasteiger partial charge in [-0.3, -0.25) is 4.79 Å². The molecule has 0 aromatic rings. The standard InChI is InChI=1S/C19H29ClO2/c1-18-10-8-15(21)17(20)14(18)4-3-11-12-5-6-16(22)19(12,2)9-7-13(11)18/h11-15,17,21H,3-10H2,1-2H3/t11-,12-,13-,14?,15+,17?,18+,19-/m0/s1. The minimum Gasteiger partial charge on any atom is -0.392 e. The highest BCUT2D eigenvalue weighted by molar-refractivity contribution is 6.21. The Morgan fingerprint density at radius 1 is 1.00 bits per heavy atom. The number of hydrogen-bond donors (Lipinski definition) is 1. The number of carbonyl (C=O) groups is 1. The van der Waals surface area contributed by atoms with E-state index in [1.165, 1.54) is 12.8 Å². The molecule has 124 valence electrons. The minimum atomic E-state index is -0.321. The molecule has 2 unspecified atom stereocenters. The number of aliphatic hydroxyl groups excluding tert-OH is 1. The van der Waals surface area contributed by atoms with Crippen LogP contribution in [-0.4, -0.2) is 22.4 Å². The summed E-state index contributed by atoms with van der Waals surface area (Å²) < 4.78 is 0. The maximum absolute atomic E-state index is 12.4. The highest BCUT2D eigenvalue weighted by Crippen LogP contribution is 2.65. The average molecular weight is 325 g/mol. The van der Waals surface area contributed by atoms with Gasteiger partial charge in [-0.1, -0.05) is 13.8 Å². The zero-order chi connectivity index (χ0) is 15.7. The molecule has 0 radical (unpaired) electrons. The van der Waals surface area contributed by atoms with Gasteiger partial charge in [0, 0.05) is 11.8 Å². The van der Waals surface area contributed by atoms with Crippen LogP contribution < -0.4 is 0 Å². The summed E-state index contributed by atoms with van der Waals surface area (Å²) in [5.41, 5.74) is 0.250. The van der Waals surface area contributed by atoms with Crippen molar-refractivity contribution in [2.75, 3.05) is 0 Å². The van der Waals surface area contributed by atoms with Gasteiger partial charge < -0.3 is 5.11 Å². The van der Waals surface area contributed by atoms with Gasteiger partial charge in [-0.2, -0.15) is 0 Å². The number of halogens is 1. The fourth-order valence-electron chi connectivity index (χ4n) is 7.04. The molecule has 0 heterocycles. The molecular formula is C19H29ClO2. The van der Waals surface area contributed by atoms with E-state index in [9.17, 15) is 9.90 Å². The second kappa shape index (κ2) is 4.96. The van der Waals surface area contributed by atoms with Crippen molar-refractivity contribution >= 4 is 17.4 Å². The summed E-state index contributed by atoms with van der Waals surface area (Å²) in [6, 6.07) is 0. The van der Waals surface area contributed by atoms with Crippen molar-refractivity contribution in [2.24, 2.45) is 34.5 Å². The Morgan fingerprint density at radius 3 is 2.55 bits per heavy atom. The van der Waals surface area contributed by atoms with Gasteiger partial charge in [0.1, 0.15) is 5.78 Å². The van der Waals surface area contributed by atoms with E-state index in [1.807, 2.05) is 0 Å². The van der Waals surface area contributed by atoms with Crippen LogP contribution in [0.15, 0.2) is 0 Å². The molecule has 0 aromatic carbocycles. The predicted octanol–water partition coefficient (Wildman–Crippen LogP) is 4.18. The van der Waals surface area contributed by atoms with Crippen molar-refractivity contribution in [3.05, 3.63) is 0 Å². The van der Waals surface area contributed by atoms with Gasteiger partial charge in [0.2, 0.25) is 0 Å². The van der Waals surface area contributed by atoms with Crippen LogP contribution in [0.1, 0.15) is 65.2 Å². The lowest BCUT2D eigenvalue weighted by molar-refractivity contribution is -0.141. The number of hydrogen-bond acceptors (Lipinski definition) is 2. The second-order valence-corrected chi connectivity index (χ2v) is 9.54. The van der Waals surface area contributed by atoms with E-state index in [0.717, 1.165) is 38.5 Å². The summed E-state index contributed by atoms with van der Waals surface area (Å²) in [4.78, 5) is 12.4. The largest absolute Gasteiger partial charge is 0.392 e. The first kappa shape index (κ1) is 15.4. The van der Waals surface area contributed by atoms with Crippen LogP contribution in [0.5, 0.6) is 0 Å². The zero-order valence-electron chi connectivity index (χ0n) is 13.9. The number of aliphatic hydroxyl groups is 1. The fourth-order valence-corrected chi connectivity index (χ4v) is 7.58. The molecule has 4 aliphatic carbocycles. The molecule has 0 spiro atoms. The van der Waals surface area contributed by atoms with E-state index in [-0.39, 0.29) is 22.3 Å². The molecule has 8 atom stereocenters. The van der Waals surface area contributed by atoms with E-state index in [0.29, 0.717) is 29.5 Å². The van der Waals surface area contributed by atoms with Crippen LogP contribution in [0, 0.1) is 34.5 Å². The number of alkyl halides is 1. The SMILES string of the molecule is C[C@]12CC[C@@H](O)C(Cl)C1CC[C@@H]1[C@@H]2CC[C@]2(C)C(=O)CC[C@@H]12. The van der Waals surface area contributed by atoms with Crippen LogP contribution in [0.4, 0.5) is 0 Å². The monoisotopic (exact) mass is 324 g/mol. The molecule has 22 heavy (non-hydrogen) atoms. The summed E-state index contributed by atoms with van der Waals surface area (Å²) in [5.74, 6) is 3.02. The third-order valence-electron chi connectivity index (χ3n) is 8.38. The second-order valence-electron chi connectivity index (χ2n) is 9.03. The smallest absolute Gasteiger partial charge is 0.139 e. The van der Waals surface area contributed by atoms with Crippen molar-refractivity contribution in [2.45, 2.75) is 76.7 Å². The summed E-state index contributed by atoms with van der Waals surface area (Å²) >= 11 is 6.62. The van der Waals surface area contributed by atoms with Crippen LogP contribution in [-0.2, 0) is 4.79 Å². The lowest BCUT2D eigenvalue weighted by atomic mass is 9.45. The number of rotatable bonds is 0. The van der Waals surface area contributed by atoms with Crippen molar-refractivity contribution in [3.63, 3.8) is 0 Å².